The summed E-state index contributed by atoms with van der Waals surface area (Å²) >= 11 is 0. The average molecular weight is 307 g/mol. The molecular formula is C19H21N3O. The van der Waals surface area contributed by atoms with Gasteiger partial charge >= 0.3 is 0 Å². The number of aromatic nitrogens is 2. The van der Waals surface area contributed by atoms with Crippen LogP contribution >= 0.6 is 0 Å². The van der Waals surface area contributed by atoms with E-state index >= 15 is 0 Å². The predicted octanol–water partition coefficient (Wildman–Crippen LogP) is 4.40. The molecule has 1 aliphatic rings. The monoisotopic (exact) mass is 307 g/mol. The summed E-state index contributed by atoms with van der Waals surface area (Å²) in [6.07, 6.45) is 4.91. The summed E-state index contributed by atoms with van der Waals surface area (Å²) in [5.41, 5.74) is 4.21. The minimum atomic E-state index is 0.00577. The first-order valence-corrected chi connectivity index (χ1v) is 7.81. The van der Waals surface area contributed by atoms with E-state index in [-0.39, 0.29) is 11.2 Å². The fraction of sp³-hybridized carbons (Fsp3) is 0.316. The predicted molar refractivity (Wildman–Crippen MR) is 93.0 cm³/mol. The Morgan fingerprint density at radius 3 is 2.65 bits per heavy atom. The van der Waals surface area contributed by atoms with Crippen molar-refractivity contribution in [1.82, 2.24) is 10.2 Å². The smallest absolute Gasteiger partial charge is 0.174 e. The molecule has 1 aromatic carbocycles. The van der Waals surface area contributed by atoms with Crippen LogP contribution in [0.1, 0.15) is 32.3 Å². The molecular weight excluding hydrogens is 286 g/mol. The third-order valence-corrected chi connectivity index (χ3v) is 3.97. The lowest BCUT2D eigenvalue weighted by molar-refractivity contribution is -0.116. The fourth-order valence-corrected chi connectivity index (χ4v) is 2.89. The van der Waals surface area contributed by atoms with E-state index in [4.69, 9.17) is 0 Å². The number of H-pyrrole nitrogens is 1. The van der Waals surface area contributed by atoms with E-state index in [0.717, 1.165) is 23.3 Å². The first kappa shape index (κ1) is 15.4. The number of allylic oxidation sites excluding steroid dienone is 2. The van der Waals surface area contributed by atoms with Crippen molar-refractivity contribution >= 4 is 17.8 Å². The molecule has 0 saturated heterocycles. The third-order valence-electron chi connectivity index (χ3n) is 3.97. The van der Waals surface area contributed by atoms with Crippen LogP contribution in [0, 0.1) is 12.3 Å². The van der Waals surface area contributed by atoms with Crippen LogP contribution in [0.4, 0.5) is 5.82 Å². The standard InChI is InChI=1S/C19H21N3O/c1-13-4-6-15(7-5-13)17-9-18(22-21-17)20-12-14-8-16(23)11-19(2,3)10-14/h4-9,12H,10-11H2,1-3H3,(H,21,22). The molecule has 0 atom stereocenters. The molecule has 0 fully saturated rings. The van der Waals surface area contributed by atoms with Crippen molar-refractivity contribution in [1.29, 1.82) is 0 Å². The quantitative estimate of drug-likeness (QED) is 0.854. The molecule has 0 bridgehead atoms. The molecule has 0 spiro atoms. The molecule has 0 unspecified atom stereocenters. The van der Waals surface area contributed by atoms with Gasteiger partial charge in [-0.25, -0.2) is 4.99 Å². The van der Waals surface area contributed by atoms with Gasteiger partial charge in [-0.3, -0.25) is 9.89 Å². The van der Waals surface area contributed by atoms with E-state index in [1.54, 1.807) is 12.3 Å². The molecule has 4 heteroatoms. The number of aliphatic imine (C=N–C) groups is 1. The lowest BCUT2D eigenvalue weighted by atomic mass is 9.77. The Morgan fingerprint density at radius 1 is 1.22 bits per heavy atom. The lowest BCUT2D eigenvalue weighted by Gasteiger charge is -2.27. The molecule has 0 saturated carbocycles. The van der Waals surface area contributed by atoms with Gasteiger partial charge in [-0.2, -0.15) is 5.10 Å². The van der Waals surface area contributed by atoms with Gasteiger partial charge < -0.3 is 0 Å². The minimum absolute atomic E-state index is 0.00577. The maximum atomic E-state index is 11.8. The fourth-order valence-electron chi connectivity index (χ4n) is 2.89. The number of aryl methyl sites for hydroxylation is 1. The summed E-state index contributed by atoms with van der Waals surface area (Å²) in [6.45, 7) is 6.28. The van der Waals surface area contributed by atoms with Crippen LogP contribution in [0.3, 0.4) is 0 Å². The van der Waals surface area contributed by atoms with Crippen LogP contribution in [0.25, 0.3) is 11.3 Å². The molecule has 1 aliphatic carbocycles. The molecule has 4 nitrogen and oxygen atoms in total. The molecule has 118 valence electrons. The molecule has 2 aromatic rings. The zero-order valence-corrected chi connectivity index (χ0v) is 13.8. The third kappa shape index (κ3) is 3.83. The second-order valence-corrected chi connectivity index (χ2v) is 6.97. The minimum Gasteiger partial charge on any atom is -0.295 e. The van der Waals surface area contributed by atoms with Gasteiger partial charge in [0.25, 0.3) is 0 Å². The number of carbonyl (C=O) groups is 1. The second-order valence-electron chi connectivity index (χ2n) is 6.97. The van der Waals surface area contributed by atoms with Gasteiger partial charge in [0.2, 0.25) is 0 Å². The van der Waals surface area contributed by atoms with Gasteiger partial charge in [-0.1, -0.05) is 43.7 Å². The number of benzene rings is 1. The van der Waals surface area contributed by atoms with Gasteiger partial charge in [0.1, 0.15) is 0 Å². The molecule has 3 rings (SSSR count). The van der Waals surface area contributed by atoms with E-state index in [0.29, 0.717) is 12.2 Å². The largest absolute Gasteiger partial charge is 0.295 e. The highest BCUT2D eigenvalue weighted by Gasteiger charge is 2.26. The van der Waals surface area contributed by atoms with E-state index < -0.39 is 0 Å². The molecule has 1 N–H and O–H groups in total. The number of carbonyl (C=O) groups excluding carboxylic acids is 1. The van der Waals surface area contributed by atoms with E-state index in [1.807, 2.05) is 6.07 Å². The summed E-state index contributed by atoms with van der Waals surface area (Å²) in [5.74, 6) is 0.794. The Labute approximate surface area is 136 Å². The van der Waals surface area contributed by atoms with E-state index in [1.165, 1.54) is 5.56 Å². The number of rotatable bonds is 3. The number of nitrogens with zero attached hydrogens (tertiary/aromatic N) is 2. The van der Waals surface area contributed by atoms with Crippen LogP contribution in [0.2, 0.25) is 0 Å². The van der Waals surface area contributed by atoms with Gasteiger partial charge in [0.15, 0.2) is 11.6 Å². The zero-order chi connectivity index (χ0) is 16.4. The number of hydrogen-bond donors (Lipinski definition) is 1. The van der Waals surface area contributed by atoms with Crippen molar-refractivity contribution < 1.29 is 4.79 Å². The molecule has 1 heterocycles. The van der Waals surface area contributed by atoms with Crippen molar-refractivity contribution in [2.75, 3.05) is 0 Å². The highest BCUT2D eigenvalue weighted by molar-refractivity contribution is 5.98. The number of nitrogens with one attached hydrogen (secondary N) is 1. The summed E-state index contributed by atoms with van der Waals surface area (Å²) in [7, 11) is 0. The van der Waals surface area contributed by atoms with E-state index in [9.17, 15) is 4.79 Å². The summed E-state index contributed by atoms with van der Waals surface area (Å²) in [6, 6.07) is 10.2. The Morgan fingerprint density at radius 2 is 1.96 bits per heavy atom. The van der Waals surface area contributed by atoms with Crippen molar-refractivity contribution in [3.8, 4) is 11.3 Å². The number of hydrogen-bond acceptors (Lipinski definition) is 3. The second kappa shape index (κ2) is 5.95. The molecule has 0 radical (unpaired) electrons. The van der Waals surface area contributed by atoms with Crippen LogP contribution in [-0.4, -0.2) is 22.2 Å². The van der Waals surface area contributed by atoms with Crippen molar-refractivity contribution in [2.24, 2.45) is 10.4 Å². The number of ketones is 1. The van der Waals surface area contributed by atoms with Gasteiger partial charge in [0.05, 0.1) is 5.69 Å². The summed E-state index contributed by atoms with van der Waals surface area (Å²) in [5, 5.41) is 7.22. The van der Waals surface area contributed by atoms with Crippen molar-refractivity contribution in [2.45, 2.75) is 33.6 Å². The molecule has 23 heavy (non-hydrogen) atoms. The lowest BCUT2D eigenvalue weighted by Crippen LogP contribution is -2.22. The maximum absolute atomic E-state index is 11.8. The Kier molecular flexibility index (Phi) is 3.99. The normalized spacial score (nSPS) is 17.5. The highest BCUT2D eigenvalue weighted by Crippen LogP contribution is 2.33. The highest BCUT2D eigenvalue weighted by atomic mass is 16.1. The topological polar surface area (TPSA) is 58.1 Å². The Balaban J connectivity index is 1.76. The zero-order valence-electron chi connectivity index (χ0n) is 13.8. The molecule has 0 aliphatic heterocycles. The first-order chi connectivity index (χ1) is 10.9. The molecule has 1 aromatic heterocycles. The Hall–Kier alpha value is -2.49. The van der Waals surface area contributed by atoms with Crippen molar-refractivity contribution in [3.63, 3.8) is 0 Å². The van der Waals surface area contributed by atoms with Gasteiger partial charge in [0, 0.05) is 18.7 Å². The van der Waals surface area contributed by atoms with Crippen molar-refractivity contribution in [3.05, 3.63) is 47.5 Å². The van der Waals surface area contributed by atoms with Crippen LogP contribution in [-0.2, 0) is 4.79 Å². The van der Waals surface area contributed by atoms with Gasteiger partial charge in [-0.05, 0) is 36.0 Å². The van der Waals surface area contributed by atoms with E-state index in [2.05, 4.69) is 60.2 Å². The summed E-state index contributed by atoms with van der Waals surface area (Å²) in [4.78, 5) is 16.2. The average Bonchev–Trinajstić information content (AvgIpc) is 2.93. The SMILES string of the molecule is Cc1ccc(-c2cc(N=CC3=CC(=O)CC(C)(C)C3)n[nH]2)cc1. The van der Waals surface area contributed by atoms with Crippen LogP contribution in [0.15, 0.2) is 47.0 Å². The van der Waals surface area contributed by atoms with Gasteiger partial charge in [-0.15, -0.1) is 0 Å². The molecule has 0 amide bonds. The van der Waals surface area contributed by atoms with Crippen LogP contribution in [0.5, 0.6) is 0 Å². The number of aromatic amines is 1. The Bertz CT molecular complexity index is 779. The van der Waals surface area contributed by atoms with Crippen LogP contribution < -0.4 is 0 Å². The summed E-state index contributed by atoms with van der Waals surface area (Å²) < 4.78 is 0. The maximum Gasteiger partial charge on any atom is 0.174 e. The first-order valence-electron chi connectivity index (χ1n) is 7.81.